The minimum atomic E-state index is -4.49. The highest BCUT2D eigenvalue weighted by molar-refractivity contribution is 5.81. The normalized spacial score (nSPS) is 11.8. The van der Waals surface area contributed by atoms with Crippen molar-refractivity contribution < 1.29 is 13.2 Å². The molecule has 3 rings (SSSR count). The van der Waals surface area contributed by atoms with Crippen molar-refractivity contribution in [3.63, 3.8) is 0 Å². The van der Waals surface area contributed by atoms with Crippen LogP contribution >= 0.6 is 0 Å². The van der Waals surface area contributed by atoms with E-state index in [1.807, 2.05) is 0 Å². The molecule has 2 heterocycles. The van der Waals surface area contributed by atoms with Crippen LogP contribution in [0.2, 0.25) is 0 Å². The lowest BCUT2D eigenvalue weighted by Gasteiger charge is -2.11. The fourth-order valence-electron chi connectivity index (χ4n) is 2.37. The van der Waals surface area contributed by atoms with Crippen LogP contribution in [0.5, 0.6) is 0 Å². The first-order valence-corrected chi connectivity index (χ1v) is 6.52. The lowest BCUT2D eigenvalue weighted by Crippen LogP contribution is -2.10. The van der Waals surface area contributed by atoms with Crippen molar-refractivity contribution >= 4 is 10.9 Å². The van der Waals surface area contributed by atoms with Crippen molar-refractivity contribution in [1.82, 2.24) is 9.97 Å². The van der Waals surface area contributed by atoms with E-state index in [2.05, 4.69) is 9.97 Å². The Bertz CT molecular complexity index is 913. The number of alkyl halides is 3. The van der Waals surface area contributed by atoms with Gasteiger partial charge in [-0.2, -0.15) is 13.2 Å². The second-order valence-electron chi connectivity index (χ2n) is 4.98. The van der Waals surface area contributed by atoms with Crippen LogP contribution in [0.3, 0.4) is 0 Å². The zero-order chi connectivity index (χ0) is 15.9. The van der Waals surface area contributed by atoms with E-state index in [1.165, 1.54) is 19.1 Å². The van der Waals surface area contributed by atoms with E-state index in [0.717, 1.165) is 6.20 Å². The van der Waals surface area contributed by atoms with Gasteiger partial charge in [0.15, 0.2) is 5.43 Å². The van der Waals surface area contributed by atoms with Crippen LogP contribution in [0.4, 0.5) is 13.2 Å². The first kappa shape index (κ1) is 14.3. The number of aryl methyl sites for hydroxylation is 1. The Morgan fingerprint density at radius 1 is 1.14 bits per heavy atom. The molecule has 0 amide bonds. The van der Waals surface area contributed by atoms with Crippen molar-refractivity contribution in [3.05, 3.63) is 64.1 Å². The van der Waals surface area contributed by atoms with Gasteiger partial charge >= 0.3 is 6.18 Å². The summed E-state index contributed by atoms with van der Waals surface area (Å²) < 4.78 is 38.2. The molecule has 0 saturated carbocycles. The number of hydrogen-bond donors (Lipinski definition) is 1. The molecule has 1 N–H and O–H groups in total. The SMILES string of the molecule is Cc1cc(-c2cc(=O)c3ccccc3[nH]2)cnc1C(F)(F)F. The van der Waals surface area contributed by atoms with Crippen molar-refractivity contribution in [2.24, 2.45) is 0 Å². The number of aromatic nitrogens is 2. The van der Waals surface area contributed by atoms with Crippen LogP contribution in [-0.2, 0) is 6.18 Å². The Hall–Kier alpha value is -2.63. The number of aromatic amines is 1. The second-order valence-corrected chi connectivity index (χ2v) is 4.98. The van der Waals surface area contributed by atoms with E-state index in [-0.39, 0.29) is 11.0 Å². The first-order valence-electron chi connectivity index (χ1n) is 6.52. The molecule has 0 aliphatic rings. The molecule has 0 unspecified atom stereocenters. The predicted octanol–water partition coefficient (Wildman–Crippen LogP) is 3.92. The van der Waals surface area contributed by atoms with E-state index in [4.69, 9.17) is 0 Å². The number of rotatable bonds is 1. The third-order valence-electron chi connectivity index (χ3n) is 3.40. The molecule has 0 saturated heterocycles. The first-order chi connectivity index (χ1) is 10.4. The van der Waals surface area contributed by atoms with Gasteiger partial charge in [-0.3, -0.25) is 9.78 Å². The zero-order valence-corrected chi connectivity index (χ0v) is 11.5. The summed E-state index contributed by atoms with van der Waals surface area (Å²) in [5, 5.41) is 0.530. The average Bonchev–Trinajstić information content (AvgIpc) is 2.46. The summed E-state index contributed by atoms with van der Waals surface area (Å²) in [5.41, 5.74) is 0.407. The second kappa shape index (κ2) is 4.98. The molecular weight excluding hydrogens is 293 g/mol. The third kappa shape index (κ3) is 2.47. The van der Waals surface area contributed by atoms with Crippen LogP contribution in [0, 0.1) is 6.92 Å². The van der Waals surface area contributed by atoms with Crippen molar-refractivity contribution in [2.45, 2.75) is 13.1 Å². The van der Waals surface area contributed by atoms with Gasteiger partial charge in [0.05, 0.1) is 5.69 Å². The smallest absolute Gasteiger partial charge is 0.354 e. The third-order valence-corrected chi connectivity index (χ3v) is 3.40. The number of nitrogens with one attached hydrogen (secondary N) is 1. The Morgan fingerprint density at radius 2 is 1.86 bits per heavy atom. The molecule has 0 aliphatic heterocycles. The average molecular weight is 304 g/mol. The number of H-pyrrole nitrogens is 1. The molecule has 6 heteroatoms. The topological polar surface area (TPSA) is 45.8 Å². The Balaban J connectivity index is 2.16. The van der Waals surface area contributed by atoms with Gasteiger partial charge in [-0.05, 0) is 30.7 Å². The number of para-hydroxylation sites is 1. The minimum Gasteiger partial charge on any atom is -0.354 e. The van der Waals surface area contributed by atoms with Crippen molar-refractivity contribution in [3.8, 4) is 11.3 Å². The molecule has 3 aromatic rings. The van der Waals surface area contributed by atoms with Gasteiger partial charge in [-0.25, -0.2) is 0 Å². The highest BCUT2D eigenvalue weighted by Gasteiger charge is 2.34. The Labute approximate surface area is 123 Å². The van der Waals surface area contributed by atoms with Crippen LogP contribution in [-0.4, -0.2) is 9.97 Å². The van der Waals surface area contributed by atoms with Crippen molar-refractivity contribution in [2.75, 3.05) is 0 Å². The van der Waals surface area contributed by atoms with Crippen LogP contribution < -0.4 is 5.43 Å². The van der Waals surface area contributed by atoms with Crippen molar-refractivity contribution in [1.29, 1.82) is 0 Å². The maximum atomic E-state index is 12.7. The predicted molar refractivity (Wildman–Crippen MR) is 77.5 cm³/mol. The molecule has 22 heavy (non-hydrogen) atoms. The minimum absolute atomic E-state index is 0.0130. The summed E-state index contributed by atoms with van der Waals surface area (Å²) in [6.45, 7) is 1.35. The summed E-state index contributed by atoms with van der Waals surface area (Å²) in [5.74, 6) is 0. The summed E-state index contributed by atoms with van der Waals surface area (Å²) in [6.07, 6.45) is -3.37. The maximum absolute atomic E-state index is 12.7. The Kier molecular flexibility index (Phi) is 3.24. The van der Waals surface area contributed by atoms with Gasteiger partial charge in [0.25, 0.3) is 0 Å². The number of fused-ring (bicyclic) bond motifs is 1. The molecule has 0 radical (unpaired) electrons. The fourth-order valence-corrected chi connectivity index (χ4v) is 2.37. The summed E-state index contributed by atoms with van der Waals surface area (Å²) in [4.78, 5) is 18.6. The molecule has 0 atom stereocenters. The number of pyridine rings is 2. The van der Waals surface area contributed by atoms with Crippen LogP contribution in [0.1, 0.15) is 11.3 Å². The highest BCUT2D eigenvalue weighted by atomic mass is 19.4. The fraction of sp³-hybridized carbons (Fsp3) is 0.125. The lowest BCUT2D eigenvalue weighted by atomic mass is 10.1. The van der Waals surface area contributed by atoms with E-state index >= 15 is 0 Å². The number of benzene rings is 1. The van der Waals surface area contributed by atoms with Crippen LogP contribution in [0.15, 0.2) is 47.4 Å². The van der Waals surface area contributed by atoms with Gasteiger partial charge in [0.1, 0.15) is 5.69 Å². The van der Waals surface area contributed by atoms with Gasteiger partial charge in [0, 0.05) is 28.7 Å². The molecule has 0 aliphatic carbocycles. The molecule has 2 aromatic heterocycles. The monoisotopic (exact) mass is 304 g/mol. The Morgan fingerprint density at radius 3 is 2.55 bits per heavy atom. The standard InChI is InChI=1S/C16H11F3N2O/c1-9-6-10(8-20-15(9)16(17,18)19)13-7-14(22)11-4-2-3-5-12(11)21-13/h2-8H,1H3,(H,21,22). The van der Waals surface area contributed by atoms with E-state index in [9.17, 15) is 18.0 Å². The largest absolute Gasteiger partial charge is 0.433 e. The zero-order valence-electron chi connectivity index (χ0n) is 11.5. The number of halogens is 3. The summed E-state index contributed by atoms with van der Waals surface area (Å²) in [6, 6.07) is 9.69. The highest BCUT2D eigenvalue weighted by Crippen LogP contribution is 2.31. The molecule has 1 aromatic carbocycles. The van der Waals surface area contributed by atoms with Gasteiger partial charge in [-0.15, -0.1) is 0 Å². The van der Waals surface area contributed by atoms with Crippen LogP contribution in [0.25, 0.3) is 22.2 Å². The van der Waals surface area contributed by atoms with E-state index in [1.54, 1.807) is 24.3 Å². The molecule has 3 nitrogen and oxygen atoms in total. The molecular formula is C16H11F3N2O. The molecule has 0 fully saturated rings. The molecule has 112 valence electrons. The van der Waals surface area contributed by atoms with Gasteiger partial charge in [0.2, 0.25) is 0 Å². The quantitative estimate of drug-likeness (QED) is 0.740. The number of hydrogen-bond acceptors (Lipinski definition) is 2. The van der Waals surface area contributed by atoms with E-state index < -0.39 is 11.9 Å². The molecule has 0 spiro atoms. The lowest BCUT2D eigenvalue weighted by molar-refractivity contribution is -0.141. The van der Waals surface area contributed by atoms with E-state index in [0.29, 0.717) is 22.2 Å². The summed E-state index contributed by atoms with van der Waals surface area (Å²) >= 11 is 0. The van der Waals surface area contributed by atoms with Gasteiger partial charge < -0.3 is 4.98 Å². The summed E-state index contributed by atoms with van der Waals surface area (Å²) in [7, 11) is 0. The maximum Gasteiger partial charge on any atom is 0.433 e. The van der Waals surface area contributed by atoms with Gasteiger partial charge in [-0.1, -0.05) is 12.1 Å². The number of nitrogens with zero attached hydrogens (tertiary/aromatic N) is 1. The molecule has 0 bridgehead atoms.